The number of rotatable bonds is 7. The van der Waals surface area contributed by atoms with Gasteiger partial charge in [-0.15, -0.1) is 0 Å². The number of nitrogens with one attached hydrogen (secondary N) is 1. The van der Waals surface area contributed by atoms with Gasteiger partial charge in [-0.2, -0.15) is 8.42 Å². The third kappa shape index (κ3) is 5.18. The summed E-state index contributed by atoms with van der Waals surface area (Å²) < 4.78 is 30.0. The molecule has 0 bridgehead atoms. The minimum atomic E-state index is -4.28. The van der Waals surface area contributed by atoms with E-state index >= 15 is 0 Å². The van der Waals surface area contributed by atoms with E-state index in [-0.39, 0.29) is 22.2 Å². The molecule has 9 nitrogen and oxygen atoms in total. The van der Waals surface area contributed by atoms with E-state index in [1.807, 2.05) is 19.1 Å². The van der Waals surface area contributed by atoms with Crippen molar-refractivity contribution >= 4 is 33.1 Å². The van der Waals surface area contributed by atoms with Gasteiger partial charge < -0.3 is 14.4 Å². The SMILES string of the molecule is Cc1cc(N2CCCC2)ccc1NC(=O)c1ccc(OS(=O)(=O)c2cccc([N+](=O)[O-])c2)cc1. The summed E-state index contributed by atoms with van der Waals surface area (Å²) in [5.41, 5.74) is 2.74. The monoisotopic (exact) mass is 481 g/mol. The van der Waals surface area contributed by atoms with E-state index in [0.717, 1.165) is 30.4 Å². The molecule has 1 amide bonds. The number of carbonyl (C=O) groups excluding carboxylic acids is 1. The molecule has 0 spiro atoms. The highest BCUT2D eigenvalue weighted by Crippen LogP contribution is 2.26. The first-order valence-corrected chi connectivity index (χ1v) is 12.1. The molecule has 1 saturated heterocycles. The molecule has 4 rings (SSSR count). The van der Waals surface area contributed by atoms with Crippen LogP contribution in [0.2, 0.25) is 0 Å². The lowest BCUT2D eigenvalue weighted by Gasteiger charge is -2.19. The van der Waals surface area contributed by atoms with Crippen LogP contribution >= 0.6 is 0 Å². The number of hydrogen-bond donors (Lipinski definition) is 1. The number of carbonyl (C=O) groups is 1. The highest BCUT2D eigenvalue weighted by molar-refractivity contribution is 7.87. The molecule has 1 aliphatic rings. The van der Waals surface area contributed by atoms with Crippen LogP contribution in [0.15, 0.2) is 71.6 Å². The molecule has 0 radical (unpaired) electrons. The summed E-state index contributed by atoms with van der Waals surface area (Å²) in [4.78, 5) is 24.9. The standard InChI is InChI=1S/C24H23N3O6S/c1-17-15-19(26-13-2-3-14-26)9-12-23(17)25-24(28)18-7-10-21(11-8-18)33-34(31,32)22-6-4-5-20(16-22)27(29)30/h4-12,15-16H,2-3,13-14H2,1H3,(H,25,28). The Morgan fingerprint density at radius 1 is 1.03 bits per heavy atom. The van der Waals surface area contributed by atoms with Crippen molar-refractivity contribution in [3.8, 4) is 5.75 Å². The highest BCUT2D eigenvalue weighted by atomic mass is 32.2. The molecule has 34 heavy (non-hydrogen) atoms. The Balaban J connectivity index is 1.43. The molecule has 176 valence electrons. The number of non-ortho nitro benzene ring substituents is 1. The summed E-state index contributed by atoms with van der Waals surface area (Å²) >= 11 is 0. The summed E-state index contributed by atoms with van der Waals surface area (Å²) in [6.07, 6.45) is 2.37. The predicted octanol–water partition coefficient (Wildman–Crippen LogP) is 4.52. The Morgan fingerprint density at radius 2 is 1.74 bits per heavy atom. The van der Waals surface area contributed by atoms with Crippen molar-refractivity contribution < 1.29 is 22.3 Å². The van der Waals surface area contributed by atoms with Gasteiger partial charge in [-0.25, -0.2) is 0 Å². The first-order valence-electron chi connectivity index (χ1n) is 10.7. The Labute approximate surface area is 197 Å². The van der Waals surface area contributed by atoms with E-state index < -0.39 is 15.0 Å². The summed E-state index contributed by atoms with van der Waals surface area (Å²) in [6, 6.07) is 16.1. The third-order valence-electron chi connectivity index (χ3n) is 5.57. The summed E-state index contributed by atoms with van der Waals surface area (Å²) in [5, 5.41) is 13.8. The zero-order valence-corrected chi connectivity index (χ0v) is 19.2. The Kier molecular flexibility index (Phi) is 6.51. The number of nitro groups is 1. The average Bonchev–Trinajstić information content (AvgIpc) is 3.36. The van der Waals surface area contributed by atoms with Crippen LogP contribution in [0.4, 0.5) is 17.1 Å². The minimum absolute atomic E-state index is 0.0193. The molecular weight excluding hydrogens is 458 g/mol. The second kappa shape index (κ2) is 9.52. The fraction of sp³-hybridized carbons (Fsp3) is 0.208. The molecule has 10 heteroatoms. The lowest BCUT2D eigenvalue weighted by Crippen LogP contribution is -2.18. The Bertz CT molecular complexity index is 1330. The van der Waals surface area contributed by atoms with E-state index in [0.29, 0.717) is 11.3 Å². The maximum atomic E-state index is 12.7. The van der Waals surface area contributed by atoms with Gasteiger partial charge in [0.15, 0.2) is 0 Å². The quantitative estimate of drug-likeness (QED) is 0.299. The minimum Gasteiger partial charge on any atom is -0.379 e. The molecule has 3 aromatic carbocycles. The van der Waals surface area contributed by atoms with Crippen LogP contribution in [-0.2, 0) is 10.1 Å². The average molecular weight is 482 g/mol. The Morgan fingerprint density at radius 3 is 2.38 bits per heavy atom. The summed E-state index contributed by atoms with van der Waals surface area (Å²) in [6.45, 7) is 4.01. The van der Waals surface area contributed by atoms with Crippen LogP contribution in [0.3, 0.4) is 0 Å². The van der Waals surface area contributed by atoms with Crippen molar-refractivity contribution in [3.05, 3.63) is 88.0 Å². The predicted molar refractivity (Wildman–Crippen MR) is 128 cm³/mol. The Hall–Kier alpha value is -3.92. The number of anilines is 2. The van der Waals surface area contributed by atoms with Gasteiger partial charge in [0.05, 0.1) is 4.92 Å². The first-order chi connectivity index (χ1) is 16.2. The van der Waals surface area contributed by atoms with Gasteiger partial charge in [0, 0.05) is 42.2 Å². The number of aryl methyl sites for hydroxylation is 1. The molecule has 1 heterocycles. The van der Waals surface area contributed by atoms with Crippen LogP contribution < -0.4 is 14.4 Å². The maximum absolute atomic E-state index is 12.7. The fourth-order valence-electron chi connectivity index (χ4n) is 3.74. The molecule has 0 unspecified atom stereocenters. The van der Waals surface area contributed by atoms with Crippen LogP contribution in [-0.4, -0.2) is 32.3 Å². The lowest BCUT2D eigenvalue weighted by atomic mass is 10.1. The zero-order chi connectivity index (χ0) is 24.3. The molecule has 1 fully saturated rings. The molecule has 1 aliphatic heterocycles. The van der Waals surface area contributed by atoms with E-state index in [1.165, 1.54) is 55.3 Å². The second-order valence-electron chi connectivity index (χ2n) is 7.96. The van der Waals surface area contributed by atoms with Crippen LogP contribution in [0.25, 0.3) is 0 Å². The van der Waals surface area contributed by atoms with Crippen molar-refractivity contribution in [2.24, 2.45) is 0 Å². The lowest BCUT2D eigenvalue weighted by molar-refractivity contribution is -0.385. The van der Waals surface area contributed by atoms with E-state index in [2.05, 4.69) is 16.3 Å². The van der Waals surface area contributed by atoms with Crippen molar-refractivity contribution in [1.82, 2.24) is 0 Å². The molecule has 0 saturated carbocycles. The van der Waals surface area contributed by atoms with Gasteiger partial charge >= 0.3 is 10.1 Å². The van der Waals surface area contributed by atoms with Crippen molar-refractivity contribution in [3.63, 3.8) is 0 Å². The molecule has 0 atom stereocenters. The van der Waals surface area contributed by atoms with Crippen LogP contribution in [0, 0.1) is 17.0 Å². The van der Waals surface area contributed by atoms with Crippen molar-refractivity contribution in [2.45, 2.75) is 24.7 Å². The number of hydrogen-bond acceptors (Lipinski definition) is 7. The second-order valence-corrected chi connectivity index (χ2v) is 9.51. The molecule has 3 aromatic rings. The largest absolute Gasteiger partial charge is 0.379 e. The topological polar surface area (TPSA) is 119 Å². The fourth-order valence-corrected chi connectivity index (χ4v) is 4.71. The van der Waals surface area contributed by atoms with Gasteiger partial charge in [0.2, 0.25) is 0 Å². The van der Waals surface area contributed by atoms with Gasteiger partial charge in [-0.3, -0.25) is 14.9 Å². The normalized spacial score (nSPS) is 13.5. The number of nitrogens with zero attached hydrogens (tertiary/aromatic N) is 2. The molecule has 1 N–H and O–H groups in total. The van der Waals surface area contributed by atoms with E-state index in [9.17, 15) is 23.3 Å². The van der Waals surface area contributed by atoms with E-state index in [1.54, 1.807) is 0 Å². The first kappa shape index (κ1) is 23.2. The summed E-state index contributed by atoms with van der Waals surface area (Å²) in [7, 11) is -4.28. The van der Waals surface area contributed by atoms with Crippen LogP contribution in [0.5, 0.6) is 5.75 Å². The number of benzene rings is 3. The zero-order valence-electron chi connectivity index (χ0n) is 18.4. The number of amides is 1. The van der Waals surface area contributed by atoms with E-state index in [4.69, 9.17) is 4.18 Å². The van der Waals surface area contributed by atoms with Gasteiger partial charge in [-0.05, 0) is 73.9 Å². The smallest absolute Gasteiger partial charge is 0.339 e. The van der Waals surface area contributed by atoms with Gasteiger partial charge in [0.1, 0.15) is 10.6 Å². The summed E-state index contributed by atoms with van der Waals surface area (Å²) in [5.74, 6) is -0.362. The van der Waals surface area contributed by atoms with Gasteiger partial charge in [0.25, 0.3) is 11.6 Å². The van der Waals surface area contributed by atoms with Crippen molar-refractivity contribution in [1.29, 1.82) is 0 Å². The maximum Gasteiger partial charge on any atom is 0.339 e. The molecule has 0 aromatic heterocycles. The van der Waals surface area contributed by atoms with Crippen molar-refractivity contribution in [2.75, 3.05) is 23.3 Å². The number of nitro benzene ring substituents is 1. The highest BCUT2D eigenvalue weighted by Gasteiger charge is 2.20. The van der Waals surface area contributed by atoms with Crippen LogP contribution in [0.1, 0.15) is 28.8 Å². The molecular formula is C24H23N3O6S. The molecule has 0 aliphatic carbocycles. The van der Waals surface area contributed by atoms with Gasteiger partial charge in [-0.1, -0.05) is 6.07 Å². The third-order valence-corrected chi connectivity index (χ3v) is 6.81.